The van der Waals surface area contributed by atoms with E-state index in [1.165, 1.54) is 11.3 Å². The van der Waals surface area contributed by atoms with Gasteiger partial charge in [0.15, 0.2) is 0 Å². The smallest absolute Gasteiger partial charge is 0.206 e. The van der Waals surface area contributed by atoms with Crippen molar-refractivity contribution in [3.63, 3.8) is 0 Å². The first-order chi connectivity index (χ1) is 7.08. The molecule has 0 fully saturated rings. The lowest BCUT2D eigenvalue weighted by Crippen LogP contribution is -1.98. The Morgan fingerprint density at radius 3 is 2.60 bits per heavy atom. The molecule has 0 radical (unpaired) electrons. The first-order valence-electron chi connectivity index (χ1n) is 4.69. The maximum atomic E-state index is 12.1. The Morgan fingerprint density at radius 1 is 1.40 bits per heavy atom. The predicted molar refractivity (Wildman–Crippen MR) is 60.4 cm³/mol. The van der Waals surface area contributed by atoms with Crippen LogP contribution in [0.1, 0.15) is 25.8 Å². The van der Waals surface area contributed by atoms with Crippen LogP contribution < -0.4 is 0 Å². The second-order valence-corrected chi connectivity index (χ2v) is 4.83. The van der Waals surface area contributed by atoms with Crippen LogP contribution in [-0.2, 0) is 7.05 Å². The second kappa shape index (κ2) is 3.62. The van der Waals surface area contributed by atoms with Crippen LogP contribution in [-0.4, -0.2) is 15.6 Å². The second-order valence-electron chi connectivity index (χ2n) is 3.54. The number of aromatic nitrogens is 2. The minimum absolute atomic E-state index is 0.0682. The largest absolute Gasteiger partial charge is 0.288 e. The Labute approximate surface area is 92.4 Å². The zero-order valence-corrected chi connectivity index (χ0v) is 9.76. The van der Waals surface area contributed by atoms with Gasteiger partial charge in [0.1, 0.15) is 0 Å². The molecule has 2 aromatic heterocycles. The fraction of sp³-hybridized carbons (Fsp3) is 0.273. The van der Waals surface area contributed by atoms with Crippen LogP contribution >= 0.6 is 11.3 Å². The summed E-state index contributed by atoms with van der Waals surface area (Å²) in [6.07, 6.45) is 1.77. The van der Waals surface area contributed by atoms with Crippen molar-refractivity contribution in [1.29, 1.82) is 0 Å². The lowest BCUT2D eigenvalue weighted by molar-refractivity contribution is 0.104. The van der Waals surface area contributed by atoms with Crippen molar-refractivity contribution in [1.82, 2.24) is 9.78 Å². The van der Waals surface area contributed by atoms with Crippen molar-refractivity contribution in [2.24, 2.45) is 7.05 Å². The molecule has 0 unspecified atom stereocenters. The van der Waals surface area contributed by atoms with Gasteiger partial charge < -0.3 is 0 Å². The Kier molecular flexibility index (Phi) is 2.44. The van der Waals surface area contributed by atoms with Crippen LogP contribution in [0, 0.1) is 13.8 Å². The topological polar surface area (TPSA) is 34.9 Å². The van der Waals surface area contributed by atoms with E-state index < -0.39 is 0 Å². The normalized spacial score (nSPS) is 10.6. The number of hydrogen-bond donors (Lipinski definition) is 0. The monoisotopic (exact) mass is 220 g/mol. The van der Waals surface area contributed by atoms with E-state index in [9.17, 15) is 4.79 Å². The van der Waals surface area contributed by atoms with Gasteiger partial charge in [0, 0.05) is 18.1 Å². The molecule has 0 aromatic carbocycles. The Bertz CT molecular complexity index is 510. The van der Waals surface area contributed by atoms with Crippen LogP contribution in [0.25, 0.3) is 0 Å². The van der Waals surface area contributed by atoms with Gasteiger partial charge in [0.2, 0.25) is 5.78 Å². The molecule has 2 rings (SSSR count). The number of ketones is 1. The molecule has 0 spiro atoms. The average molecular weight is 220 g/mol. The zero-order chi connectivity index (χ0) is 11.0. The highest BCUT2D eigenvalue weighted by Gasteiger charge is 2.15. The van der Waals surface area contributed by atoms with Gasteiger partial charge in [-0.3, -0.25) is 9.48 Å². The number of thiophene rings is 1. The summed E-state index contributed by atoms with van der Waals surface area (Å²) in [4.78, 5) is 14.0. The van der Waals surface area contributed by atoms with E-state index in [-0.39, 0.29) is 5.78 Å². The fourth-order valence-corrected chi connectivity index (χ4v) is 2.33. The molecular weight excluding hydrogens is 208 g/mol. The van der Waals surface area contributed by atoms with Gasteiger partial charge in [0.25, 0.3) is 0 Å². The molecule has 0 aliphatic heterocycles. The van der Waals surface area contributed by atoms with Gasteiger partial charge in [-0.15, -0.1) is 11.3 Å². The summed E-state index contributed by atoms with van der Waals surface area (Å²) in [7, 11) is 1.82. The SMILES string of the molecule is Cc1ccc(C(=O)c2cn(C)nc2C)s1. The molecule has 0 atom stereocenters. The highest BCUT2D eigenvalue weighted by Crippen LogP contribution is 2.20. The van der Waals surface area contributed by atoms with Crippen LogP contribution in [0.15, 0.2) is 18.3 Å². The van der Waals surface area contributed by atoms with Crippen LogP contribution in [0.5, 0.6) is 0 Å². The third kappa shape index (κ3) is 1.85. The Morgan fingerprint density at radius 2 is 2.13 bits per heavy atom. The van der Waals surface area contributed by atoms with Gasteiger partial charge in [-0.05, 0) is 26.0 Å². The van der Waals surface area contributed by atoms with Gasteiger partial charge in [0.05, 0.1) is 16.1 Å². The highest BCUT2D eigenvalue weighted by atomic mass is 32.1. The van der Waals surface area contributed by atoms with Gasteiger partial charge in [-0.2, -0.15) is 5.10 Å². The molecule has 2 heterocycles. The first-order valence-corrected chi connectivity index (χ1v) is 5.51. The standard InChI is InChI=1S/C11H12N2OS/c1-7-4-5-10(15-7)11(14)9-6-13(3)12-8(9)2/h4-6H,1-3H3. The lowest BCUT2D eigenvalue weighted by atomic mass is 10.1. The summed E-state index contributed by atoms with van der Waals surface area (Å²) in [5.41, 5.74) is 1.48. The molecule has 4 heteroatoms. The average Bonchev–Trinajstić information content (AvgIpc) is 2.71. The number of carbonyl (C=O) groups excluding carboxylic acids is 1. The third-order valence-electron chi connectivity index (χ3n) is 2.22. The number of aryl methyl sites for hydroxylation is 3. The summed E-state index contributed by atoms with van der Waals surface area (Å²) >= 11 is 1.52. The van der Waals surface area contributed by atoms with Crippen molar-refractivity contribution >= 4 is 17.1 Å². The molecule has 0 amide bonds. The molecule has 0 aliphatic carbocycles. The van der Waals surface area contributed by atoms with E-state index in [1.54, 1.807) is 10.9 Å². The summed E-state index contributed by atoms with van der Waals surface area (Å²) in [6, 6.07) is 3.83. The number of rotatable bonds is 2. The molecule has 0 bridgehead atoms. The highest BCUT2D eigenvalue weighted by molar-refractivity contribution is 7.14. The van der Waals surface area contributed by atoms with Gasteiger partial charge in [-0.1, -0.05) is 0 Å². The maximum absolute atomic E-state index is 12.1. The summed E-state index contributed by atoms with van der Waals surface area (Å²) in [5.74, 6) is 0.0682. The van der Waals surface area contributed by atoms with Crippen molar-refractivity contribution in [2.75, 3.05) is 0 Å². The van der Waals surface area contributed by atoms with E-state index in [4.69, 9.17) is 0 Å². The molecule has 0 aliphatic rings. The number of carbonyl (C=O) groups is 1. The zero-order valence-electron chi connectivity index (χ0n) is 8.94. The van der Waals surface area contributed by atoms with Crippen molar-refractivity contribution in [2.45, 2.75) is 13.8 Å². The van der Waals surface area contributed by atoms with Crippen molar-refractivity contribution in [3.05, 3.63) is 39.3 Å². The Hall–Kier alpha value is -1.42. The molecule has 78 valence electrons. The van der Waals surface area contributed by atoms with E-state index >= 15 is 0 Å². The quantitative estimate of drug-likeness (QED) is 0.728. The molecule has 0 saturated carbocycles. The molecular formula is C11H12N2OS. The minimum Gasteiger partial charge on any atom is -0.288 e. The van der Waals surface area contributed by atoms with E-state index in [1.807, 2.05) is 33.0 Å². The molecule has 15 heavy (non-hydrogen) atoms. The summed E-state index contributed by atoms with van der Waals surface area (Å²) < 4.78 is 1.67. The fourth-order valence-electron chi connectivity index (χ4n) is 1.51. The Balaban J connectivity index is 2.40. The van der Waals surface area contributed by atoms with Crippen molar-refractivity contribution in [3.8, 4) is 0 Å². The minimum atomic E-state index is 0.0682. The molecule has 0 saturated heterocycles. The predicted octanol–water partition coefficient (Wildman–Crippen LogP) is 2.33. The van der Waals surface area contributed by atoms with E-state index in [0.717, 1.165) is 15.4 Å². The molecule has 0 N–H and O–H groups in total. The lowest BCUT2D eigenvalue weighted by Gasteiger charge is -1.93. The number of nitrogens with zero attached hydrogens (tertiary/aromatic N) is 2. The molecule has 3 nitrogen and oxygen atoms in total. The van der Waals surface area contributed by atoms with Crippen LogP contribution in [0.3, 0.4) is 0 Å². The maximum Gasteiger partial charge on any atom is 0.206 e. The summed E-state index contributed by atoms with van der Waals surface area (Å²) in [5, 5.41) is 4.16. The van der Waals surface area contributed by atoms with E-state index in [0.29, 0.717) is 5.56 Å². The summed E-state index contributed by atoms with van der Waals surface area (Å²) in [6.45, 7) is 3.85. The first kappa shape index (κ1) is 10.1. The molecule has 2 aromatic rings. The van der Waals surface area contributed by atoms with Crippen molar-refractivity contribution < 1.29 is 4.79 Å². The third-order valence-corrected chi connectivity index (χ3v) is 3.22. The van der Waals surface area contributed by atoms with Crippen LogP contribution in [0.4, 0.5) is 0 Å². The van der Waals surface area contributed by atoms with Gasteiger partial charge in [-0.25, -0.2) is 0 Å². The van der Waals surface area contributed by atoms with E-state index in [2.05, 4.69) is 5.10 Å². The van der Waals surface area contributed by atoms with Crippen LogP contribution in [0.2, 0.25) is 0 Å². The number of hydrogen-bond acceptors (Lipinski definition) is 3. The van der Waals surface area contributed by atoms with Gasteiger partial charge >= 0.3 is 0 Å².